The summed E-state index contributed by atoms with van der Waals surface area (Å²) in [5.41, 5.74) is 1.40. The van der Waals surface area contributed by atoms with Crippen LogP contribution in [-0.2, 0) is 0 Å². The highest BCUT2D eigenvalue weighted by atomic mass is 16.5. The van der Waals surface area contributed by atoms with Crippen molar-refractivity contribution in [3.05, 3.63) is 23.2 Å². The van der Waals surface area contributed by atoms with E-state index in [2.05, 4.69) is 4.98 Å². The number of methoxy groups -OCH3 is 1. The molecule has 0 aliphatic rings. The van der Waals surface area contributed by atoms with Crippen LogP contribution in [-0.4, -0.2) is 21.2 Å². The molecule has 0 aliphatic heterocycles. The molecule has 4 nitrogen and oxygen atoms in total. The second kappa shape index (κ2) is 3.76. The smallest absolute Gasteiger partial charge is 0.428 e. The molecule has 0 unspecified atom stereocenters. The molecule has 0 bridgehead atoms. The molecule has 4 heteroatoms. The van der Waals surface area contributed by atoms with Crippen molar-refractivity contribution in [3.63, 3.8) is 0 Å². The first-order chi connectivity index (χ1) is 6.19. The van der Waals surface area contributed by atoms with Crippen LogP contribution in [0.5, 0.6) is 5.75 Å². The maximum absolute atomic E-state index is 8.68. The number of benzene rings is 1. The van der Waals surface area contributed by atoms with Gasteiger partial charge in [-0.15, -0.1) is 0 Å². The molecule has 1 aromatic rings. The summed E-state index contributed by atoms with van der Waals surface area (Å²) in [6.07, 6.45) is 0. The van der Waals surface area contributed by atoms with E-state index in [-0.39, 0.29) is 0 Å². The fourth-order valence-corrected chi connectivity index (χ4v) is 1.03. The molecule has 1 rings (SSSR count). The largest absolute Gasteiger partial charge is 0.489 e. The Kier molecular flexibility index (Phi) is 2.70. The third-order valence-electron chi connectivity index (χ3n) is 1.79. The van der Waals surface area contributed by atoms with Gasteiger partial charge in [0.2, 0.25) is 11.1 Å². The second-order valence-electron chi connectivity index (χ2n) is 2.85. The van der Waals surface area contributed by atoms with E-state index in [0.29, 0.717) is 11.4 Å². The number of hydrogen-bond acceptors (Lipinski definition) is 3. The molecule has 13 heavy (non-hydrogen) atoms. The highest BCUT2D eigenvalue weighted by Gasteiger charge is 2.15. The first-order valence-electron chi connectivity index (χ1n) is 3.89. The van der Waals surface area contributed by atoms with Crippen LogP contribution in [0.1, 0.15) is 0 Å². The minimum absolute atomic E-state index is 0.439. The summed E-state index contributed by atoms with van der Waals surface area (Å²) in [6, 6.07) is 5.41. The molecular weight excluding hydrogens is 166 g/mol. The zero-order valence-electron chi connectivity index (χ0n) is 7.98. The Morgan fingerprint density at radius 1 is 1.38 bits per heavy atom. The second-order valence-corrected chi connectivity index (χ2v) is 2.85. The SMILES string of the molecule is COc1ccc(N(C)C)cc1[N+]#N. The number of ether oxygens (including phenoxy) is 1. The summed E-state index contributed by atoms with van der Waals surface area (Å²) in [6.45, 7) is 0. The van der Waals surface area contributed by atoms with Gasteiger partial charge in [0.15, 0.2) is 4.98 Å². The predicted octanol–water partition coefficient (Wildman–Crippen LogP) is 2.25. The van der Waals surface area contributed by atoms with Crippen LogP contribution >= 0.6 is 0 Å². The lowest BCUT2D eigenvalue weighted by atomic mass is 10.2. The van der Waals surface area contributed by atoms with Gasteiger partial charge in [0.05, 0.1) is 13.2 Å². The van der Waals surface area contributed by atoms with Crippen molar-refractivity contribution < 1.29 is 4.74 Å². The molecule has 0 radical (unpaired) electrons. The summed E-state index contributed by atoms with van der Waals surface area (Å²) in [5, 5.41) is 8.68. The lowest BCUT2D eigenvalue weighted by molar-refractivity contribution is 0.417. The quantitative estimate of drug-likeness (QED) is 0.652. The van der Waals surface area contributed by atoms with Gasteiger partial charge in [-0.25, -0.2) is 0 Å². The molecule has 0 saturated carbocycles. The van der Waals surface area contributed by atoms with E-state index in [1.54, 1.807) is 19.2 Å². The molecule has 68 valence electrons. The maximum atomic E-state index is 8.68. The minimum Gasteiger partial charge on any atom is -0.489 e. The van der Waals surface area contributed by atoms with Gasteiger partial charge in [0, 0.05) is 19.8 Å². The number of rotatable bonds is 2. The van der Waals surface area contributed by atoms with E-state index < -0.39 is 0 Å². The van der Waals surface area contributed by atoms with Crippen molar-refractivity contribution in [3.8, 4) is 5.75 Å². The molecule has 0 saturated heterocycles. The maximum Gasteiger partial charge on any atom is 0.428 e. The zero-order chi connectivity index (χ0) is 9.84. The molecule has 0 heterocycles. The van der Waals surface area contributed by atoms with Crippen LogP contribution < -0.4 is 9.64 Å². The lowest BCUT2D eigenvalue weighted by Crippen LogP contribution is -2.08. The first-order valence-corrected chi connectivity index (χ1v) is 3.89. The van der Waals surface area contributed by atoms with E-state index in [9.17, 15) is 0 Å². The van der Waals surface area contributed by atoms with Crippen LogP contribution in [0.2, 0.25) is 0 Å². The number of diazo groups is 1. The van der Waals surface area contributed by atoms with Crippen molar-refractivity contribution in [1.82, 2.24) is 0 Å². The van der Waals surface area contributed by atoms with E-state index in [1.807, 2.05) is 25.1 Å². The Balaban J connectivity index is 3.15. The highest BCUT2D eigenvalue weighted by molar-refractivity contribution is 5.65. The molecule has 0 aromatic heterocycles. The Bertz CT molecular complexity index is 341. The van der Waals surface area contributed by atoms with Crippen LogP contribution in [0.4, 0.5) is 11.4 Å². The van der Waals surface area contributed by atoms with Gasteiger partial charge in [-0.1, -0.05) is 0 Å². The van der Waals surface area contributed by atoms with Gasteiger partial charge in [0.25, 0.3) is 0 Å². The summed E-state index contributed by atoms with van der Waals surface area (Å²) < 4.78 is 5.00. The fraction of sp³-hybridized carbons (Fsp3) is 0.333. The van der Waals surface area contributed by atoms with E-state index in [1.165, 1.54) is 0 Å². The summed E-state index contributed by atoms with van der Waals surface area (Å²) in [4.78, 5) is 5.06. The number of anilines is 1. The van der Waals surface area contributed by atoms with Gasteiger partial charge < -0.3 is 9.64 Å². The average Bonchev–Trinajstić information content (AvgIpc) is 2.16. The molecule has 0 atom stereocenters. The molecule has 0 fully saturated rings. The molecule has 0 N–H and O–H groups in total. The minimum atomic E-state index is 0.439. The molecular formula is C9H12N3O+. The van der Waals surface area contributed by atoms with Crippen LogP contribution in [0.15, 0.2) is 18.2 Å². The predicted molar refractivity (Wildman–Crippen MR) is 52.1 cm³/mol. The third kappa shape index (κ3) is 1.88. The van der Waals surface area contributed by atoms with Crippen molar-refractivity contribution in [2.24, 2.45) is 0 Å². The number of nitrogens with zero attached hydrogens (tertiary/aromatic N) is 3. The number of hydrogen-bond donors (Lipinski definition) is 0. The summed E-state index contributed by atoms with van der Waals surface area (Å²) in [7, 11) is 5.38. The van der Waals surface area contributed by atoms with Gasteiger partial charge in [-0.2, -0.15) is 0 Å². The zero-order valence-corrected chi connectivity index (χ0v) is 7.98. The van der Waals surface area contributed by atoms with Gasteiger partial charge in [-0.3, -0.25) is 0 Å². The first kappa shape index (κ1) is 9.33. The van der Waals surface area contributed by atoms with Crippen molar-refractivity contribution in [2.75, 3.05) is 26.1 Å². The molecule has 1 aromatic carbocycles. The van der Waals surface area contributed by atoms with Crippen molar-refractivity contribution >= 4 is 11.4 Å². The Labute approximate surface area is 77.4 Å². The van der Waals surface area contributed by atoms with Crippen molar-refractivity contribution in [1.29, 1.82) is 5.39 Å². The average molecular weight is 178 g/mol. The Morgan fingerprint density at radius 2 is 2.08 bits per heavy atom. The van der Waals surface area contributed by atoms with Crippen LogP contribution in [0, 0.1) is 5.39 Å². The fourth-order valence-electron chi connectivity index (χ4n) is 1.03. The van der Waals surface area contributed by atoms with E-state index in [0.717, 1.165) is 5.69 Å². The molecule has 0 amide bonds. The standard InChI is InChI=1S/C9H12N3O/c1-12(2)7-4-5-9(13-3)8(6-7)11-10/h4-6H,1-3H3/q+1. The lowest BCUT2D eigenvalue weighted by Gasteiger charge is -2.10. The highest BCUT2D eigenvalue weighted by Crippen LogP contribution is 2.31. The van der Waals surface area contributed by atoms with Gasteiger partial charge in [-0.05, 0) is 12.1 Å². The van der Waals surface area contributed by atoms with Crippen molar-refractivity contribution in [2.45, 2.75) is 0 Å². The third-order valence-corrected chi connectivity index (χ3v) is 1.79. The molecule has 0 aliphatic carbocycles. The molecule has 0 spiro atoms. The normalized spacial score (nSPS) is 9.08. The van der Waals surface area contributed by atoms with Gasteiger partial charge in [0.1, 0.15) is 0 Å². The van der Waals surface area contributed by atoms with E-state index >= 15 is 0 Å². The Morgan fingerprint density at radius 3 is 2.54 bits per heavy atom. The Hall–Kier alpha value is -1.76. The van der Waals surface area contributed by atoms with Gasteiger partial charge >= 0.3 is 5.69 Å². The van der Waals surface area contributed by atoms with Crippen LogP contribution in [0.3, 0.4) is 0 Å². The summed E-state index contributed by atoms with van der Waals surface area (Å²) >= 11 is 0. The van der Waals surface area contributed by atoms with E-state index in [4.69, 9.17) is 10.1 Å². The monoisotopic (exact) mass is 178 g/mol. The van der Waals surface area contributed by atoms with Crippen LogP contribution in [0.25, 0.3) is 4.98 Å². The summed E-state index contributed by atoms with van der Waals surface area (Å²) in [5.74, 6) is 0.563. The topological polar surface area (TPSA) is 40.6 Å².